The van der Waals surface area contributed by atoms with E-state index < -0.39 is 0 Å². The SMILES string of the molecule is Cc1cccc(-c2cnc(C(C)(C)C)o2)c1. The summed E-state index contributed by atoms with van der Waals surface area (Å²) in [7, 11) is 0. The van der Waals surface area contributed by atoms with Crippen LogP contribution in [0.5, 0.6) is 0 Å². The molecule has 0 N–H and O–H groups in total. The van der Waals surface area contributed by atoms with Crippen molar-refractivity contribution in [3.8, 4) is 11.3 Å². The molecule has 0 aliphatic rings. The van der Waals surface area contributed by atoms with Crippen molar-refractivity contribution in [1.29, 1.82) is 0 Å². The molecule has 0 atom stereocenters. The van der Waals surface area contributed by atoms with Crippen molar-refractivity contribution < 1.29 is 4.42 Å². The first-order valence-electron chi connectivity index (χ1n) is 5.50. The van der Waals surface area contributed by atoms with Gasteiger partial charge in [-0.3, -0.25) is 0 Å². The largest absolute Gasteiger partial charge is 0.440 e. The van der Waals surface area contributed by atoms with Crippen LogP contribution >= 0.6 is 0 Å². The first-order chi connectivity index (χ1) is 7.47. The van der Waals surface area contributed by atoms with Crippen LogP contribution in [0.2, 0.25) is 0 Å². The molecule has 1 aromatic heterocycles. The van der Waals surface area contributed by atoms with E-state index in [0.29, 0.717) is 0 Å². The van der Waals surface area contributed by atoms with Gasteiger partial charge in [-0.2, -0.15) is 0 Å². The van der Waals surface area contributed by atoms with Crippen molar-refractivity contribution in [2.75, 3.05) is 0 Å². The molecule has 0 saturated carbocycles. The number of hydrogen-bond acceptors (Lipinski definition) is 2. The van der Waals surface area contributed by atoms with Gasteiger partial charge in [0.15, 0.2) is 11.7 Å². The predicted octanol–water partition coefficient (Wildman–Crippen LogP) is 3.95. The van der Waals surface area contributed by atoms with Crippen LogP contribution in [0.1, 0.15) is 32.2 Å². The number of hydrogen-bond donors (Lipinski definition) is 0. The number of nitrogens with zero attached hydrogens (tertiary/aromatic N) is 1. The summed E-state index contributed by atoms with van der Waals surface area (Å²) < 4.78 is 5.78. The summed E-state index contributed by atoms with van der Waals surface area (Å²) in [4.78, 5) is 4.33. The maximum atomic E-state index is 5.78. The second kappa shape index (κ2) is 3.78. The monoisotopic (exact) mass is 215 g/mol. The molecule has 0 aliphatic carbocycles. The predicted molar refractivity (Wildman–Crippen MR) is 65.4 cm³/mol. The van der Waals surface area contributed by atoms with E-state index in [1.54, 1.807) is 6.20 Å². The highest BCUT2D eigenvalue weighted by molar-refractivity contribution is 5.57. The first-order valence-corrected chi connectivity index (χ1v) is 5.50. The highest BCUT2D eigenvalue weighted by Crippen LogP contribution is 2.27. The molecule has 2 rings (SSSR count). The highest BCUT2D eigenvalue weighted by Gasteiger charge is 2.20. The Hall–Kier alpha value is -1.57. The Bertz CT molecular complexity index is 491. The lowest BCUT2D eigenvalue weighted by Gasteiger charge is -2.12. The van der Waals surface area contributed by atoms with E-state index in [1.165, 1.54) is 5.56 Å². The molecule has 0 bridgehead atoms. The summed E-state index contributed by atoms with van der Waals surface area (Å²) in [5.41, 5.74) is 2.27. The lowest BCUT2D eigenvalue weighted by Crippen LogP contribution is -2.10. The minimum absolute atomic E-state index is 0.0396. The molecule has 0 radical (unpaired) electrons. The van der Waals surface area contributed by atoms with E-state index in [0.717, 1.165) is 17.2 Å². The van der Waals surface area contributed by atoms with Crippen LogP contribution in [0.15, 0.2) is 34.9 Å². The van der Waals surface area contributed by atoms with Crippen molar-refractivity contribution in [1.82, 2.24) is 4.98 Å². The van der Waals surface area contributed by atoms with E-state index in [-0.39, 0.29) is 5.41 Å². The van der Waals surface area contributed by atoms with E-state index >= 15 is 0 Å². The van der Waals surface area contributed by atoms with E-state index in [1.807, 2.05) is 12.1 Å². The quantitative estimate of drug-likeness (QED) is 0.720. The van der Waals surface area contributed by atoms with Crippen LogP contribution in [-0.2, 0) is 5.41 Å². The Labute approximate surface area is 96.3 Å². The Morgan fingerprint density at radius 2 is 1.94 bits per heavy atom. The average molecular weight is 215 g/mol. The van der Waals surface area contributed by atoms with Gasteiger partial charge in [-0.25, -0.2) is 4.98 Å². The molecule has 0 saturated heterocycles. The number of benzene rings is 1. The molecular weight excluding hydrogens is 198 g/mol. The zero-order valence-electron chi connectivity index (χ0n) is 10.2. The highest BCUT2D eigenvalue weighted by atomic mass is 16.4. The van der Waals surface area contributed by atoms with Gasteiger partial charge in [0.25, 0.3) is 0 Å². The Balaban J connectivity index is 2.39. The van der Waals surface area contributed by atoms with Crippen LogP contribution in [0, 0.1) is 6.92 Å². The lowest BCUT2D eigenvalue weighted by molar-refractivity contribution is 0.399. The molecule has 84 valence electrons. The Morgan fingerprint density at radius 1 is 1.19 bits per heavy atom. The second-order valence-corrected chi connectivity index (χ2v) is 5.15. The summed E-state index contributed by atoms with van der Waals surface area (Å²) >= 11 is 0. The molecule has 0 spiro atoms. The van der Waals surface area contributed by atoms with E-state index in [9.17, 15) is 0 Å². The van der Waals surface area contributed by atoms with Gasteiger partial charge in [0.2, 0.25) is 0 Å². The van der Waals surface area contributed by atoms with Crippen LogP contribution in [0.25, 0.3) is 11.3 Å². The molecular formula is C14H17NO. The molecule has 16 heavy (non-hydrogen) atoms. The van der Waals surface area contributed by atoms with Crippen molar-refractivity contribution in [2.45, 2.75) is 33.1 Å². The molecule has 1 heterocycles. The Kier molecular flexibility index (Phi) is 2.58. The van der Waals surface area contributed by atoms with Gasteiger partial charge in [0.05, 0.1) is 6.20 Å². The van der Waals surface area contributed by atoms with Crippen LogP contribution < -0.4 is 0 Å². The normalized spacial score (nSPS) is 11.8. The summed E-state index contributed by atoms with van der Waals surface area (Å²) in [5.74, 6) is 1.62. The minimum atomic E-state index is -0.0396. The Morgan fingerprint density at radius 3 is 2.50 bits per heavy atom. The fraction of sp³-hybridized carbons (Fsp3) is 0.357. The third kappa shape index (κ3) is 2.16. The molecule has 2 heteroatoms. The number of aryl methyl sites for hydroxylation is 1. The van der Waals surface area contributed by atoms with Gasteiger partial charge in [-0.05, 0) is 13.0 Å². The number of oxazole rings is 1. The van der Waals surface area contributed by atoms with Gasteiger partial charge in [-0.15, -0.1) is 0 Å². The fourth-order valence-electron chi connectivity index (χ4n) is 1.55. The molecule has 0 aliphatic heterocycles. The van der Waals surface area contributed by atoms with Crippen LogP contribution in [-0.4, -0.2) is 4.98 Å². The molecule has 0 unspecified atom stereocenters. The standard InChI is InChI=1S/C14H17NO/c1-10-6-5-7-11(8-10)12-9-15-13(16-12)14(2,3)4/h5-9H,1-4H3. The van der Waals surface area contributed by atoms with Crippen LogP contribution in [0.3, 0.4) is 0 Å². The topological polar surface area (TPSA) is 26.0 Å². The fourth-order valence-corrected chi connectivity index (χ4v) is 1.55. The second-order valence-electron chi connectivity index (χ2n) is 5.15. The van der Waals surface area contributed by atoms with Gasteiger partial charge in [0, 0.05) is 11.0 Å². The van der Waals surface area contributed by atoms with E-state index in [4.69, 9.17) is 4.42 Å². The number of rotatable bonds is 1. The van der Waals surface area contributed by atoms with Gasteiger partial charge >= 0.3 is 0 Å². The third-order valence-corrected chi connectivity index (χ3v) is 2.45. The van der Waals surface area contributed by atoms with Crippen molar-refractivity contribution >= 4 is 0 Å². The van der Waals surface area contributed by atoms with Crippen molar-refractivity contribution in [3.63, 3.8) is 0 Å². The summed E-state index contributed by atoms with van der Waals surface area (Å²) in [5, 5.41) is 0. The molecule has 2 nitrogen and oxygen atoms in total. The smallest absolute Gasteiger partial charge is 0.200 e. The summed E-state index contributed by atoms with van der Waals surface area (Å²) in [6.07, 6.45) is 1.80. The summed E-state index contributed by atoms with van der Waals surface area (Å²) in [6.45, 7) is 8.36. The van der Waals surface area contributed by atoms with Gasteiger partial charge < -0.3 is 4.42 Å². The maximum Gasteiger partial charge on any atom is 0.200 e. The first kappa shape index (κ1) is 10.9. The van der Waals surface area contributed by atoms with Gasteiger partial charge in [-0.1, -0.05) is 44.5 Å². The van der Waals surface area contributed by atoms with Crippen molar-refractivity contribution in [3.05, 3.63) is 41.9 Å². The van der Waals surface area contributed by atoms with Crippen molar-refractivity contribution in [2.24, 2.45) is 0 Å². The molecule has 0 fully saturated rings. The zero-order chi connectivity index (χ0) is 11.8. The van der Waals surface area contributed by atoms with E-state index in [2.05, 4.69) is 44.8 Å². The van der Waals surface area contributed by atoms with Crippen LogP contribution in [0.4, 0.5) is 0 Å². The minimum Gasteiger partial charge on any atom is -0.440 e. The molecule has 0 amide bonds. The average Bonchev–Trinajstić information content (AvgIpc) is 2.65. The maximum absolute atomic E-state index is 5.78. The summed E-state index contributed by atoms with van der Waals surface area (Å²) in [6, 6.07) is 8.25. The third-order valence-electron chi connectivity index (χ3n) is 2.45. The lowest BCUT2D eigenvalue weighted by atomic mass is 9.97. The van der Waals surface area contributed by atoms with Gasteiger partial charge in [0.1, 0.15) is 0 Å². The molecule has 1 aromatic carbocycles. The molecule has 2 aromatic rings. The zero-order valence-corrected chi connectivity index (χ0v) is 10.2. The number of aromatic nitrogens is 1.